The monoisotopic (exact) mass is 340 g/mol. The third-order valence-electron chi connectivity index (χ3n) is 4.75. The zero-order valence-electron chi connectivity index (χ0n) is 14.1. The summed E-state index contributed by atoms with van der Waals surface area (Å²) in [5.74, 6) is 0. The van der Waals surface area contributed by atoms with Crippen molar-refractivity contribution in [1.29, 1.82) is 0 Å². The van der Waals surface area contributed by atoms with E-state index in [0.29, 0.717) is 22.7 Å². The molecule has 0 aromatic carbocycles. The van der Waals surface area contributed by atoms with Gasteiger partial charge in [-0.3, -0.25) is 0 Å². The van der Waals surface area contributed by atoms with Gasteiger partial charge in [0.15, 0.2) is 0 Å². The fraction of sp³-hybridized carbons (Fsp3) is 1.00. The Balaban J connectivity index is 2.85. The zero-order valence-corrected chi connectivity index (χ0v) is 15.7. The van der Waals surface area contributed by atoms with Crippen LogP contribution >= 0.6 is 0 Å². The first-order chi connectivity index (χ1) is 9.95. The molecular formula is C15H32O5Ti. The minimum atomic E-state index is -4.85. The van der Waals surface area contributed by atoms with E-state index in [1.54, 1.807) is 0 Å². The van der Waals surface area contributed by atoms with Crippen molar-refractivity contribution in [3.05, 3.63) is 0 Å². The second-order valence-corrected chi connectivity index (χ2v) is 12.8. The zero-order chi connectivity index (χ0) is 15.8. The third kappa shape index (κ3) is 5.19. The molecule has 0 aliphatic carbocycles. The first kappa shape index (κ1) is 19.4. The number of hydrogen-bond acceptors (Lipinski definition) is 5. The van der Waals surface area contributed by atoms with Crippen molar-refractivity contribution in [3.8, 4) is 0 Å². The summed E-state index contributed by atoms with van der Waals surface area (Å²) in [6.07, 6.45) is 5.28. The van der Waals surface area contributed by atoms with Crippen LogP contribution in [-0.4, -0.2) is 13.2 Å². The second-order valence-electron chi connectivity index (χ2n) is 6.47. The van der Waals surface area contributed by atoms with Crippen molar-refractivity contribution in [2.75, 3.05) is 13.2 Å². The van der Waals surface area contributed by atoms with Gasteiger partial charge < -0.3 is 0 Å². The molecular weight excluding hydrogens is 308 g/mol. The van der Waals surface area contributed by atoms with Crippen LogP contribution in [0.15, 0.2) is 0 Å². The van der Waals surface area contributed by atoms with Gasteiger partial charge in [-0.15, -0.1) is 0 Å². The minimum absolute atomic E-state index is 0.124. The summed E-state index contributed by atoms with van der Waals surface area (Å²) in [7, 11) is 0. The van der Waals surface area contributed by atoms with E-state index < -0.39 is 16.1 Å². The Morgan fingerprint density at radius 3 is 1.62 bits per heavy atom. The molecule has 0 bridgehead atoms. The van der Waals surface area contributed by atoms with E-state index in [9.17, 15) is 3.32 Å². The van der Waals surface area contributed by atoms with Crippen molar-refractivity contribution in [3.63, 3.8) is 0 Å². The predicted octanol–water partition coefficient (Wildman–Crippen LogP) is 5.00. The molecule has 0 radical (unpaired) electrons. The molecule has 0 N–H and O–H groups in total. The van der Waals surface area contributed by atoms with Crippen LogP contribution in [0.5, 0.6) is 0 Å². The Morgan fingerprint density at radius 1 is 0.857 bits per heavy atom. The molecule has 0 aromatic heterocycles. The van der Waals surface area contributed by atoms with Crippen LogP contribution in [0, 0.1) is 5.41 Å². The summed E-state index contributed by atoms with van der Waals surface area (Å²) in [5.41, 5.74) is -0.124. The topological polar surface area (TPSA) is 54.0 Å². The molecule has 1 aliphatic heterocycles. The molecule has 0 atom stereocenters. The van der Waals surface area contributed by atoms with Gasteiger partial charge in [-0.2, -0.15) is 0 Å². The van der Waals surface area contributed by atoms with E-state index >= 15 is 0 Å². The molecule has 126 valence electrons. The van der Waals surface area contributed by atoms with Crippen LogP contribution in [0.25, 0.3) is 0 Å². The summed E-state index contributed by atoms with van der Waals surface area (Å²) < 4.78 is 25.3. The maximum absolute atomic E-state index is 13.5. The number of unbranched alkanes of at least 4 members (excludes halogenated alkanes) is 2. The molecule has 5 nitrogen and oxygen atoms in total. The quantitative estimate of drug-likeness (QED) is 0.459. The Labute approximate surface area is 130 Å². The Hall–Kier alpha value is 0.354. The van der Waals surface area contributed by atoms with Gasteiger partial charge in [0.2, 0.25) is 0 Å². The summed E-state index contributed by atoms with van der Waals surface area (Å²) in [4.78, 5) is 10.9. The van der Waals surface area contributed by atoms with Crippen LogP contribution in [0.3, 0.4) is 0 Å². The standard InChI is InChI=1S/C7H16O4.2C4H9.O.Ti/c1-3-7(4-2,5-10-8)6-11-9;2*1-3-4-2;;/h8-9H,3-6H2,1-2H3;2*1,3-4H2,2H3;;/q;;;;+2/p-2. The van der Waals surface area contributed by atoms with Crippen molar-refractivity contribution in [2.45, 2.75) is 75.7 Å². The molecule has 1 aliphatic rings. The molecule has 1 heterocycles. The number of rotatable bonds is 8. The average molecular weight is 340 g/mol. The van der Waals surface area contributed by atoms with Gasteiger partial charge in [-0.05, 0) is 0 Å². The molecule has 0 aromatic rings. The molecule has 21 heavy (non-hydrogen) atoms. The summed E-state index contributed by atoms with van der Waals surface area (Å²) in [6, 6.07) is 0. The first-order valence-electron chi connectivity index (χ1n) is 8.47. The predicted molar refractivity (Wildman–Crippen MR) is 77.2 cm³/mol. The number of hydrogen-bond donors (Lipinski definition) is 0. The van der Waals surface area contributed by atoms with Gasteiger partial charge in [0, 0.05) is 0 Å². The first-order valence-corrected chi connectivity index (χ1v) is 12.6. The van der Waals surface area contributed by atoms with Crippen LogP contribution < -0.4 is 0 Å². The summed E-state index contributed by atoms with van der Waals surface area (Å²) in [5, 5.41) is 0. The third-order valence-corrected chi connectivity index (χ3v) is 10.4. The molecule has 0 spiro atoms. The van der Waals surface area contributed by atoms with E-state index in [1.165, 1.54) is 0 Å². The van der Waals surface area contributed by atoms with Crippen LogP contribution in [-0.2, 0) is 36.1 Å². The van der Waals surface area contributed by atoms with Gasteiger partial charge in [-0.1, -0.05) is 0 Å². The van der Waals surface area contributed by atoms with E-state index in [1.807, 2.05) is 0 Å². The SMILES string of the molecule is CCC[CH2][Ti]1(=[O])([CH2]CCC)[O]OCC(CC)(CC)CO[O]1. The molecule has 1 saturated heterocycles. The van der Waals surface area contributed by atoms with Crippen molar-refractivity contribution in [1.82, 2.24) is 0 Å². The van der Waals surface area contributed by atoms with Crippen LogP contribution in [0.1, 0.15) is 66.2 Å². The average Bonchev–Trinajstić information content (AvgIpc) is 2.48. The van der Waals surface area contributed by atoms with Crippen LogP contribution in [0.2, 0.25) is 9.45 Å². The van der Waals surface area contributed by atoms with Crippen molar-refractivity contribution >= 4 is 0 Å². The van der Waals surface area contributed by atoms with Crippen LogP contribution in [0.4, 0.5) is 0 Å². The summed E-state index contributed by atoms with van der Waals surface area (Å²) >= 11 is -4.85. The molecule has 6 heteroatoms. The molecule has 1 rings (SSSR count). The van der Waals surface area contributed by atoms with Crippen molar-refractivity contribution in [2.24, 2.45) is 5.41 Å². The van der Waals surface area contributed by atoms with Crippen molar-refractivity contribution < 1.29 is 36.1 Å². The normalized spacial score (nSPS) is 23.8. The fourth-order valence-corrected chi connectivity index (χ4v) is 7.81. The second kappa shape index (κ2) is 8.28. The van der Waals surface area contributed by atoms with E-state index in [4.69, 9.17) is 16.7 Å². The van der Waals surface area contributed by atoms with E-state index in [2.05, 4.69) is 27.7 Å². The van der Waals surface area contributed by atoms with Gasteiger partial charge in [0.25, 0.3) is 0 Å². The molecule has 0 saturated carbocycles. The van der Waals surface area contributed by atoms with Gasteiger partial charge in [-0.25, -0.2) is 0 Å². The van der Waals surface area contributed by atoms with Gasteiger partial charge in [0.05, 0.1) is 0 Å². The van der Waals surface area contributed by atoms with E-state index in [-0.39, 0.29) is 5.41 Å². The van der Waals surface area contributed by atoms with Gasteiger partial charge in [0.1, 0.15) is 0 Å². The summed E-state index contributed by atoms with van der Waals surface area (Å²) in [6.45, 7) is 9.11. The fourth-order valence-electron chi connectivity index (χ4n) is 2.61. The van der Waals surface area contributed by atoms with Gasteiger partial charge >= 0.3 is 130 Å². The van der Waals surface area contributed by atoms with E-state index in [0.717, 1.165) is 38.5 Å². The Morgan fingerprint density at radius 2 is 1.29 bits per heavy atom. The Kier molecular flexibility index (Phi) is 7.65. The molecule has 0 amide bonds. The Bertz CT molecular complexity index is 335. The molecule has 1 fully saturated rings. The molecule has 0 unspecified atom stereocenters. The maximum atomic E-state index is 13.5.